The first-order chi connectivity index (χ1) is 9.56. The summed E-state index contributed by atoms with van der Waals surface area (Å²) in [6.07, 6.45) is 5.73. The van der Waals surface area contributed by atoms with Crippen LogP contribution < -0.4 is 15.8 Å². The molecule has 110 valence electrons. The molecule has 4 nitrogen and oxygen atoms in total. The van der Waals surface area contributed by atoms with Crippen LogP contribution in [0.1, 0.15) is 39.0 Å². The smallest absolute Gasteiger partial charge is 0.243 e. The average molecular weight is 276 g/mol. The lowest BCUT2D eigenvalue weighted by Gasteiger charge is -2.38. The number of carbonyl (C=O) groups is 1. The summed E-state index contributed by atoms with van der Waals surface area (Å²) in [5.74, 6) is 0.824. The maximum atomic E-state index is 12.0. The summed E-state index contributed by atoms with van der Waals surface area (Å²) in [5, 5.41) is 3.35. The highest BCUT2D eigenvalue weighted by molar-refractivity contribution is 5.88. The Bertz CT molecular complexity index is 452. The minimum Gasteiger partial charge on any atom is -0.497 e. The Morgan fingerprint density at radius 2 is 1.85 bits per heavy atom. The predicted molar refractivity (Wildman–Crippen MR) is 80.8 cm³/mol. The number of ether oxygens (including phenoxy) is 1. The number of hydrogen-bond acceptors (Lipinski definition) is 3. The number of primary amides is 1. The van der Waals surface area contributed by atoms with Crippen molar-refractivity contribution >= 4 is 11.6 Å². The SMILES string of the molecule is COc1ccc(NC(C)(C(N)=O)C2CCCCC2)cc1. The zero-order valence-electron chi connectivity index (χ0n) is 12.3. The Labute approximate surface area is 120 Å². The fourth-order valence-electron chi connectivity index (χ4n) is 3.02. The highest BCUT2D eigenvalue weighted by Crippen LogP contribution is 2.35. The maximum absolute atomic E-state index is 12.0. The zero-order valence-corrected chi connectivity index (χ0v) is 12.3. The fourth-order valence-corrected chi connectivity index (χ4v) is 3.02. The highest BCUT2D eigenvalue weighted by atomic mass is 16.5. The number of benzene rings is 1. The van der Waals surface area contributed by atoms with Crippen LogP contribution in [0.25, 0.3) is 0 Å². The molecule has 0 heterocycles. The zero-order chi connectivity index (χ0) is 14.6. The van der Waals surface area contributed by atoms with E-state index in [4.69, 9.17) is 10.5 Å². The van der Waals surface area contributed by atoms with E-state index in [-0.39, 0.29) is 5.91 Å². The van der Waals surface area contributed by atoms with Crippen molar-refractivity contribution in [3.8, 4) is 5.75 Å². The molecule has 0 aromatic heterocycles. The molecule has 1 unspecified atom stereocenters. The number of nitrogens with two attached hydrogens (primary N) is 1. The number of rotatable bonds is 5. The molecule has 1 amide bonds. The molecule has 0 bridgehead atoms. The van der Waals surface area contributed by atoms with Gasteiger partial charge in [-0.3, -0.25) is 4.79 Å². The lowest BCUT2D eigenvalue weighted by atomic mass is 9.75. The van der Waals surface area contributed by atoms with E-state index in [1.165, 1.54) is 19.3 Å². The molecule has 0 spiro atoms. The molecule has 4 heteroatoms. The number of hydrogen-bond donors (Lipinski definition) is 2. The van der Waals surface area contributed by atoms with Crippen LogP contribution in [0.15, 0.2) is 24.3 Å². The normalized spacial score (nSPS) is 19.1. The molecule has 3 N–H and O–H groups in total. The van der Waals surface area contributed by atoms with Crippen LogP contribution in [0.4, 0.5) is 5.69 Å². The fraction of sp³-hybridized carbons (Fsp3) is 0.562. The van der Waals surface area contributed by atoms with Gasteiger partial charge >= 0.3 is 0 Å². The molecular formula is C16H24N2O2. The molecule has 1 fully saturated rings. The molecular weight excluding hydrogens is 252 g/mol. The second-order valence-corrected chi connectivity index (χ2v) is 5.76. The number of nitrogens with one attached hydrogen (secondary N) is 1. The Kier molecular flexibility index (Phi) is 4.53. The van der Waals surface area contributed by atoms with Crippen LogP contribution >= 0.6 is 0 Å². The largest absolute Gasteiger partial charge is 0.497 e. The molecule has 0 aliphatic heterocycles. The number of amides is 1. The topological polar surface area (TPSA) is 64.3 Å². The van der Waals surface area contributed by atoms with E-state index in [0.29, 0.717) is 5.92 Å². The van der Waals surface area contributed by atoms with E-state index < -0.39 is 5.54 Å². The first kappa shape index (κ1) is 14.7. The van der Waals surface area contributed by atoms with Crippen LogP contribution in [-0.4, -0.2) is 18.6 Å². The second-order valence-electron chi connectivity index (χ2n) is 5.76. The summed E-state index contributed by atoms with van der Waals surface area (Å²) < 4.78 is 5.14. The van der Waals surface area contributed by atoms with Gasteiger partial charge < -0.3 is 15.8 Å². The van der Waals surface area contributed by atoms with Crippen molar-refractivity contribution in [2.24, 2.45) is 11.7 Å². The van der Waals surface area contributed by atoms with Gasteiger partial charge in [-0.25, -0.2) is 0 Å². The third kappa shape index (κ3) is 3.06. The molecule has 1 aromatic rings. The van der Waals surface area contributed by atoms with Crippen LogP contribution in [0.5, 0.6) is 5.75 Å². The van der Waals surface area contributed by atoms with Gasteiger partial charge in [0.2, 0.25) is 5.91 Å². The van der Waals surface area contributed by atoms with E-state index in [1.54, 1.807) is 7.11 Å². The third-order valence-corrected chi connectivity index (χ3v) is 4.43. The first-order valence-electron chi connectivity index (χ1n) is 7.28. The Balaban J connectivity index is 2.16. The lowest BCUT2D eigenvalue weighted by molar-refractivity contribution is -0.123. The lowest BCUT2D eigenvalue weighted by Crippen LogP contribution is -2.54. The van der Waals surface area contributed by atoms with E-state index in [2.05, 4.69) is 5.32 Å². The Morgan fingerprint density at radius 1 is 1.25 bits per heavy atom. The molecule has 1 aliphatic carbocycles. The minimum absolute atomic E-state index is 0.278. The van der Waals surface area contributed by atoms with Gasteiger partial charge in [0.25, 0.3) is 0 Å². The second kappa shape index (κ2) is 6.16. The monoisotopic (exact) mass is 276 g/mol. The molecule has 0 saturated heterocycles. The van der Waals surface area contributed by atoms with Crippen LogP contribution in [0.3, 0.4) is 0 Å². The van der Waals surface area contributed by atoms with Crippen LogP contribution in [-0.2, 0) is 4.79 Å². The van der Waals surface area contributed by atoms with Gasteiger partial charge in [0, 0.05) is 5.69 Å². The summed E-state index contributed by atoms with van der Waals surface area (Å²) in [6.45, 7) is 1.93. The highest BCUT2D eigenvalue weighted by Gasteiger charge is 2.40. The molecule has 20 heavy (non-hydrogen) atoms. The van der Waals surface area contributed by atoms with Gasteiger partial charge in [0.05, 0.1) is 7.11 Å². The van der Waals surface area contributed by atoms with Crippen LogP contribution in [0, 0.1) is 5.92 Å². The molecule has 2 rings (SSSR count). The van der Waals surface area contributed by atoms with E-state index >= 15 is 0 Å². The third-order valence-electron chi connectivity index (χ3n) is 4.43. The van der Waals surface area contributed by atoms with E-state index in [9.17, 15) is 4.79 Å². The number of methoxy groups -OCH3 is 1. The van der Waals surface area contributed by atoms with E-state index in [0.717, 1.165) is 24.3 Å². The minimum atomic E-state index is -0.686. The van der Waals surface area contributed by atoms with Crippen LogP contribution in [0.2, 0.25) is 0 Å². The molecule has 1 saturated carbocycles. The molecule has 1 aliphatic rings. The first-order valence-corrected chi connectivity index (χ1v) is 7.28. The van der Waals surface area contributed by atoms with E-state index in [1.807, 2.05) is 31.2 Å². The average Bonchev–Trinajstić information content (AvgIpc) is 2.48. The summed E-state index contributed by atoms with van der Waals surface area (Å²) in [7, 11) is 1.64. The molecule has 0 radical (unpaired) electrons. The Morgan fingerprint density at radius 3 is 2.35 bits per heavy atom. The van der Waals surface area contributed by atoms with Crippen molar-refractivity contribution in [2.75, 3.05) is 12.4 Å². The van der Waals surface area contributed by atoms with Gasteiger partial charge in [-0.05, 0) is 49.9 Å². The van der Waals surface area contributed by atoms with Gasteiger partial charge in [-0.2, -0.15) is 0 Å². The van der Waals surface area contributed by atoms with Crippen molar-refractivity contribution in [2.45, 2.75) is 44.6 Å². The molecule has 1 aromatic carbocycles. The summed E-state index contributed by atoms with van der Waals surface area (Å²) >= 11 is 0. The van der Waals surface area contributed by atoms with Gasteiger partial charge in [0.15, 0.2) is 0 Å². The van der Waals surface area contributed by atoms with Gasteiger partial charge in [-0.1, -0.05) is 19.3 Å². The molecule has 1 atom stereocenters. The van der Waals surface area contributed by atoms with Crippen molar-refractivity contribution < 1.29 is 9.53 Å². The predicted octanol–water partition coefficient (Wildman–Crippen LogP) is 2.93. The van der Waals surface area contributed by atoms with Gasteiger partial charge in [-0.15, -0.1) is 0 Å². The maximum Gasteiger partial charge on any atom is 0.243 e. The summed E-state index contributed by atoms with van der Waals surface area (Å²) in [4.78, 5) is 12.0. The van der Waals surface area contributed by atoms with Crippen molar-refractivity contribution in [3.05, 3.63) is 24.3 Å². The van der Waals surface area contributed by atoms with Crippen molar-refractivity contribution in [1.29, 1.82) is 0 Å². The standard InChI is InChI=1S/C16H24N2O2/c1-16(15(17)19,12-6-4-3-5-7-12)18-13-8-10-14(20-2)11-9-13/h8-12,18H,3-7H2,1-2H3,(H2,17,19). The Hall–Kier alpha value is -1.71. The van der Waals surface area contributed by atoms with Gasteiger partial charge in [0.1, 0.15) is 11.3 Å². The van der Waals surface area contributed by atoms with Crippen molar-refractivity contribution in [1.82, 2.24) is 0 Å². The number of carbonyl (C=O) groups excluding carboxylic acids is 1. The summed E-state index contributed by atoms with van der Waals surface area (Å²) in [6, 6.07) is 7.60. The number of anilines is 1. The summed E-state index contributed by atoms with van der Waals surface area (Å²) in [5.41, 5.74) is 5.89. The van der Waals surface area contributed by atoms with Crippen molar-refractivity contribution in [3.63, 3.8) is 0 Å². The quantitative estimate of drug-likeness (QED) is 0.869.